The van der Waals surface area contributed by atoms with Crippen LogP contribution in [0, 0.1) is 0 Å². The van der Waals surface area contributed by atoms with Crippen molar-refractivity contribution in [3.63, 3.8) is 0 Å². The maximum absolute atomic E-state index is 10.8. The average Bonchev–Trinajstić information content (AvgIpc) is 2.05. The van der Waals surface area contributed by atoms with Crippen molar-refractivity contribution >= 4 is 28.5 Å². The molecule has 4 heteroatoms. The lowest BCUT2D eigenvalue weighted by atomic mass is 10.1. The van der Waals surface area contributed by atoms with Crippen molar-refractivity contribution in [2.45, 2.75) is 23.3 Å². The quantitative estimate of drug-likeness (QED) is 0.455. The summed E-state index contributed by atoms with van der Waals surface area (Å²) in [4.78, 5) is 12.9. The van der Waals surface area contributed by atoms with Crippen molar-refractivity contribution in [1.82, 2.24) is 4.90 Å². The molecule has 1 aliphatic heterocycles. The summed E-state index contributed by atoms with van der Waals surface area (Å²) in [6.07, 6.45) is 3.69. The van der Waals surface area contributed by atoms with Gasteiger partial charge in [-0.1, -0.05) is 29.0 Å². The van der Waals surface area contributed by atoms with Crippen molar-refractivity contribution in [2.75, 3.05) is 13.1 Å². The number of alkyl halides is 1. The van der Waals surface area contributed by atoms with Gasteiger partial charge in [0.15, 0.2) is 0 Å². The molecule has 0 spiro atoms. The maximum Gasteiger partial charge on any atom is 0.244 e. The highest BCUT2D eigenvalue weighted by Crippen LogP contribution is 2.15. The van der Waals surface area contributed by atoms with E-state index in [-0.39, 0.29) is 9.96 Å². The third-order valence-corrected chi connectivity index (χ3v) is 3.35. The molecule has 0 aromatic heterocycles. The molecule has 2 N–H and O–H groups in total. The van der Waals surface area contributed by atoms with Crippen LogP contribution in [0.5, 0.6) is 0 Å². The first-order valence-electron chi connectivity index (χ1n) is 3.89. The van der Waals surface area contributed by atoms with Crippen LogP contribution in [0.15, 0.2) is 0 Å². The van der Waals surface area contributed by atoms with E-state index in [4.69, 9.17) is 5.73 Å². The third-order valence-electron chi connectivity index (χ3n) is 1.95. The monoisotopic (exact) mass is 268 g/mol. The summed E-state index contributed by atoms with van der Waals surface area (Å²) in [5.41, 5.74) is 5.18. The van der Waals surface area contributed by atoms with E-state index < -0.39 is 0 Å². The van der Waals surface area contributed by atoms with Crippen molar-refractivity contribution in [3.8, 4) is 0 Å². The molecule has 1 unspecified atom stereocenters. The molecule has 0 aromatic rings. The highest BCUT2D eigenvalue weighted by Gasteiger charge is 2.21. The van der Waals surface area contributed by atoms with Crippen LogP contribution in [0.2, 0.25) is 0 Å². The molecular formula is C7H13IN2O. The first-order valence-corrected chi connectivity index (χ1v) is 5.14. The average molecular weight is 268 g/mol. The predicted molar refractivity (Wildman–Crippen MR) is 52.4 cm³/mol. The van der Waals surface area contributed by atoms with Crippen LogP contribution in [0.1, 0.15) is 19.3 Å². The lowest BCUT2D eigenvalue weighted by Gasteiger charge is -2.28. The van der Waals surface area contributed by atoms with E-state index in [0.717, 1.165) is 13.1 Å². The summed E-state index contributed by atoms with van der Waals surface area (Å²) in [7, 11) is 0. The SMILES string of the molecule is NC(=O)C(I)N1CCCCC1. The number of rotatable bonds is 2. The molecule has 11 heavy (non-hydrogen) atoms. The van der Waals surface area contributed by atoms with Crippen molar-refractivity contribution < 1.29 is 4.79 Å². The highest BCUT2D eigenvalue weighted by atomic mass is 127. The molecule has 1 atom stereocenters. The molecule has 1 fully saturated rings. The molecule has 0 aromatic carbocycles. The molecule has 0 radical (unpaired) electrons. The minimum atomic E-state index is -0.215. The van der Waals surface area contributed by atoms with Crippen LogP contribution in [-0.2, 0) is 4.79 Å². The number of hydrogen-bond donors (Lipinski definition) is 1. The fourth-order valence-electron chi connectivity index (χ4n) is 1.33. The molecule has 1 amide bonds. The number of piperidine rings is 1. The maximum atomic E-state index is 10.8. The smallest absolute Gasteiger partial charge is 0.244 e. The molecule has 64 valence electrons. The summed E-state index contributed by atoms with van der Waals surface area (Å²) in [6, 6.07) is 0. The van der Waals surface area contributed by atoms with E-state index in [0.29, 0.717) is 0 Å². The second kappa shape index (κ2) is 4.25. The van der Waals surface area contributed by atoms with Gasteiger partial charge in [0.1, 0.15) is 4.05 Å². The van der Waals surface area contributed by atoms with E-state index in [9.17, 15) is 4.79 Å². The Hall–Kier alpha value is 0.160. The zero-order valence-corrected chi connectivity index (χ0v) is 8.58. The van der Waals surface area contributed by atoms with Crippen LogP contribution in [0.25, 0.3) is 0 Å². The molecule has 0 bridgehead atoms. The van der Waals surface area contributed by atoms with Gasteiger partial charge in [0.2, 0.25) is 5.91 Å². The fraction of sp³-hybridized carbons (Fsp3) is 0.857. The van der Waals surface area contributed by atoms with Crippen LogP contribution in [-0.4, -0.2) is 27.9 Å². The summed E-state index contributed by atoms with van der Waals surface area (Å²) in [5.74, 6) is -0.215. The van der Waals surface area contributed by atoms with Gasteiger partial charge in [0.05, 0.1) is 0 Å². The highest BCUT2D eigenvalue weighted by molar-refractivity contribution is 14.1. The van der Waals surface area contributed by atoms with Gasteiger partial charge in [0.25, 0.3) is 0 Å². The zero-order chi connectivity index (χ0) is 8.27. The molecule has 1 aliphatic rings. The lowest BCUT2D eigenvalue weighted by molar-refractivity contribution is -0.120. The van der Waals surface area contributed by atoms with Crippen LogP contribution >= 0.6 is 22.6 Å². The second-order valence-electron chi connectivity index (χ2n) is 2.83. The summed E-state index contributed by atoms with van der Waals surface area (Å²) in [5, 5.41) is 0. The number of hydrogen-bond acceptors (Lipinski definition) is 2. The Labute approximate surface area is 80.4 Å². The van der Waals surface area contributed by atoms with Crippen LogP contribution in [0.4, 0.5) is 0 Å². The zero-order valence-electron chi connectivity index (χ0n) is 6.42. The number of carbonyl (C=O) groups excluding carboxylic acids is 1. The number of amides is 1. The molecule has 1 heterocycles. The third kappa shape index (κ3) is 2.59. The number of likely N-dealkylation sites (tertiary alicyclic amines) is 1. The Morgan fingerprint density at radius 1 is 1.36 bits per heavy atom. The Kier molecular flexibility index (Phi) is 3.58. The summed E-state index contributed by atoms with van der Waals surface area (Å²) in [6.45, 7) is 2.05. The second-order valence-corrected chi connectivity index (χ2v) is 4.01. The fourth-order valence-corrected chi connectivity index (χ4v) is 1.88. The molecule has 0 saturated carbocycles. The van der Waals surface area contributed by atoms with Gasteiger partial charge in [-0.05, 0) is 25.9 Å². The van der Waals surface area contributed by atoms with Gasteiger partial charge in [-0.25, -0.2) is 0 Å². The summed E-state index contributed by atoms with van der Waals surface area (Å²) >= 11 is 2.10. The number of nitrogens with zero attached hydrogens (tertiary/aromatic N) is 1. The Bertz CT molecular complexity index is 145. The number of primary amides is 1. The van der Waals surface area contributed by atoms with Crippen molar-refractivity contribution in [3.05, 3.63) is 0 Å². The Balaban J connectivity index is 2.38. The normalized spacial score (nSPS) is 23.0. The van der Waals surface area contributed by atoms with Crippen molar-refractivity contribution in [2.24, 2.45) is 5.73 Å². The Morgan fingerprint density at radius 3 is 2.36 bits per heavy atom. The van der Waals surface area contributed by atoms with E-state index >= 15 is 0 Å². The van der Waals surface area contributed by atoms with Gasteiger partial charge < -0.3 is 5.73 Å². The van der Waals surface area contributed by atoms with Gasteiger partial charge in [0, 0.05) is 0 Å². The molecule has 1 rings (SSSR count). The minimum Gasteiger partial charge on any atom is -0.368 e. The van der Waals surface area contributed by atoms with E-state index in [1.54, 1.807) is 0 Å². The molecule has 3 nitrogen and oxygen atoms in total. The topological polar surface area (TPSA) is 46.3 Å². The first kappa shape index (κ1) is 9.25. The van der Waals surface area contributed by atoms with Crippen LogP contribution < -0.4 is 5.73 Å². The van der Waals surface area contributed by atoms with Gasteiger partial charge in [-0.3, -0.25) is 9.69 Å². The number of carbonyl (C=O) groups is 1. The van der Waals surface area contributed by atoms with Gasteiger partial charge >= 0.3 is 0 Å². The van der Waals surface area contributed by atoms with Crippen LogP contribution in [0.3, 0.4) is 0 Å². The number of halogens is 1. The van der Waals surface area contributed by atoms with E-state index in [2.05, 4.69) is 27.5 Å². The molecule has 1 saturated heterocycles. The van der Waals surface area contributed by atoms with Gasteiger partial charge in [-0.15, -0.1) is 0 Å². The largest absolute Gasteiger partial charge is 0.368 e. The molecular weight excluding hydrogens is 255 g/mol. The van der Waals surface area contributed by atoms with E-state index in [1.807, 2.05) is 0 Å². The Morgan fingerprint density at radius 2 is 1.91 bits per heavy atom. The van der Waals surface area contributed by atoms with Crippen molar-refractivity contribution in [1.29, 1.82) is 0 Å². The lowest BCUT2D eigenvalue weighted by Crippen LogP contribution is -2.43. The standard InChI is InChI=1S/C7H13IN2O/c8-6(7(9)11)10-4-2-1-3-5-10/h6H,1-5H2,(H2,9,11). The predicted octanol–water partition coefficient (Wildman–Crippen LogP) is 0.719. The number of nitrogens with two attached hydrogens (primary N) is 1. The van der Waals surface area contributed by atoms with Gasteiger partial charge in [-0.2, -0.15) is 0 Å². The molecule has 0 aliphatic carbocycles. The summed E-state index contributed by atoms with van der Waals surface area (Å²) < 4.78 is -0.104. The van der Waals surface area contributed by atoms with E-state index in [1.165, 1.54) is 19.3 Å². The first-order chi connectivity index (χ1) is 5.22. The minimum absolute atomic E-state index is 0.104.